The minimum atomic E-state index is -3.13. The Bertz CT molecular complexity index is 685. The van der Waals surface area contributed by atoms with Crippen molar-refractivity contribution in [2.75, 3.05) is 45.5 Å². The summed E-state index contributed by atoms with van der Waals surface area (Å²) in [4.78, 5) is 16.8. The molecule has 0 saturated carbocycles. The molecular formula is C18H27N3O3S. The van der Waals surface area contributed by atoms with Gasteiger partial charge >= 0.3 is 0 Å². The standard InChI is InChI=1S/C18H27N3O3S/c1-25(23,24)21-8-7-17(15-21)13-18(22)20-11-9-19(10-12-20)14-16-5-3-2-4-6-16/h2-6,17H,7-15H2,1H3. The molecule has 0 radical (unpaired) electrons. The van der Waals surface area contributed by atoms with E-state index < -0.39 is 10.0 Å². The lowest BCUT2D eigenvalue weighted by Crippen LogP contribution is -2.48. The molecule has 0 spiro atoms. The van der Waals surface area contributed by atoms with E-state index in [2.05, 4.69) is 29.2 Å². The first-order chi connectivity index (χ1) is 11.9. The zero-order chi connectivity index (χ0) is 17.9. The number of hydrogen-bond donors (Lipinski definition) is 0. The molecule has 1 unspecified atom stereocenters. The Morgan fingerprint density at radius 2 is 1.76 bits per heavy atom. The fourth-order valence-electron chi connectivity index (χ4n) is 3.64. The van der Waals surface area contributed by atoms with Crippen molar-refractivity contribution in [3.63, 3.8) is 0 Å². The van der Waals surface area contributed by atoms with Crippen LogP contribution in [-0.2, 0) is 21.4 Å². The molecule has 0 N–H and O–H groups in total. The average Bonchev–Trinajstić information content (AvgIpc) is 3.05. The normalized spacial score (nSPS) is 23.1. The molecule has 2 aliphatic heterocycles. The van der Waals surface area contributed by atoms with Gasteiger partial charge in [-0.1, -0.05) is 30.3 Å². The van der Waals surface area contributed by atoms with Gasteiger partial charge in [-0.15, -0.1) is 0 Å². The zero-order valence-electron chi connectivity index (χ0n) is 14.8. The van der Waals surface area contributed by atoms with E-state index in [1.54, 1.807) is 0 Å². The Morgan fingerprint density at radius 3 is 2.36 bits per heavy atom. The molecule has 0 aliphatic carbocycles. The maximum atomic E-state index is 12.5. The number of rotatable bonds is 5. The Hall–Kier alpha value is -1.44. The third-order valence-corrected chi connectivity index (χ3v) is 6.42. The second kappa shape index (κ2) is 7.85. The highest BCUT2D eigenvalue weighted by atomic mass is 32.2. The monoisotopic (exact) mass is 365 g/mol. The van der Waals surface area contributed by atoms with E-state index in [9.17, 15) is 13.2 Å². The minimum absolute atomic E-state index is 0.157. The number of carbonyl (C=O) groups is 1. The number of piperazine rings is 1. The van der Waals surface area contributed by atoms with Gasteiger partial charge in [-0.25, -0.2) is 12.7 Å². The minimum Gasteiger partial charge on any atom is -0.340 e. The Labute approximate surface area is 150 Å². The molecule has 2 saturated heterocycles. The number of carbonyl (C=O) groups excluding carboxylic acids is 1. The number of benzene rings is 1. The maximum absolute atomic E-state index is 12.5. The molecule has 138 valence electrons. The van der Waals surface area contributed by atoms with E-state index in [0.29, 0.717) is 19.5 Å². The van der Waals surface area contributed by atoms with Crippen molar-refractivity contribution in [2.45, 2.75) is 19.4 Å². The third-order valence-electron chi connectivity index (χ3n) is 5.15. The van der Waals surface area contributed by atoms with Crippen LogP contribution in [0.3, 0.4) is 0 Å². The van der Waals surface area contributed by atoms with Crippen molar-refractivity contribution in [3.8, 4) is 0 Å². The lowest BCUT2D eigenvalue weighted by atomic mass is 10.0. The topological polar surface area (TPSA) is 60.9 Å². The van der Waals surface area contributed by atoms with Crippen LogP contribution < -0.4 is 0 Å². The van der Waals surface area contributed by atoms with E-state index in [1.165, 1.54) is 16.1 Å². The summed E-state index contributed by atoms with van der Waals surface area (Å²) in [6.07, 6.45) is 2.49. The van der Waals surface area contributed by atoms with Crippen molar-refractivity contribution in [2.24, 2.45) is 5.92 Å². The first kappa shape index (κ1) is 18.4. The SMILES string of the molecule is CS(=O)(=O)N1CCC(CC(=O)N2CCN(Cc3ccccc3)CC2)C1. The maximum Gasteiger partial charge on any atom is 0.222 e. The van der Waals surface area contributed by atoms with Gasteiger partial charge in [0.05, 0.1) is 6.26 Å². The summed E-state index contributed by atoms with van der Waals surface area (Å²) in [5.74, 6) is 0.323. The van der Waals surface area contributed by atoms with Gasteiger partial charge in [0.15, 0.2) is 0 Å². The van der Waals surface area contributed by atoms with Crippen LogP contribution in [0.2, 0.25) is 0 Å². The van der Waals surface area contributed by atoms with Gasteiger partial charge in [0, 0.05) is 52.2 Å². The van der Waals surface area contributed by atoms with Gasteiger partial charge in [-0.3, -0.25) is 9.69 Å². The largest absolute Gasteiger partial charge is 0.340 e. The van der Waals surface area contributed by atoms with Crippen molar-refractivity contribution in [1.29, 1.82) is 0 Å². The number of nitrogens with zero attached hydrogens (tertiary/aromatic N) is 3. The van der Waals surface area contributed by atoms with Gasteiger partial charge in [-0.05, 0) is 17.9 Å². The molecule has 0 aromatic heterocycles. The number of hydrogen-bond acceptors (Lipinski definition) is 4. The van der Waals surface area contributed by atoms with Crippen LogP contribution in [-0.4, -0.2) is 74.0 Å². The van der Waals surface area contributed by atoms with Gasteiger partial charge in [0.1, 0.15) is 0 Å². The molecule has 1 aromatic carbocycles. The summed E-state index contributed by atoms with van der Waals surface area (Å²) in [6, 6.07) is 10.4. The molecule has 1 aromatic rings. The molecule has 7 heteroatoms. The number of sulfonamides is 1. The lowest BCUT2D eigenvalue weighted by molar-refractivity contribution is -0.133. The molecule has 2 aliphatic rings. The lowest BCUT2D eigenvalue weighted by Gasteiger charge is -2.35. The van der Waals surface area contributed by atoms with E-state index in [4.69, 9.17) is 0 Å². The number of amides is 1. The zero-order valence-corrected chi connectivity index (χ0v) is 15.6. The highest BCUT2D eigenvalue weighted by molar-refractivity contribution is 7.88. The summed E-state index contributed by atoms with van der Waals surface area (Å²) in [5.41, 5.74) is 1.30. The van der Waals surface area contributed by atoms with Crippen LogP contribution in [0, 0.1) is 5.92 Å². The molecular weight excluding hydrogens is 338 g/mol. The second-order valence-corrected chi connectivity index (χ2v) is 9.10. The quantitative estimate of drug-likeness (QED) is 0.781. The van der Waals surface area contributed by atoms with Crippen LogP contribution in [0.5, 0.6) is 0 Å². The van der Waals surface area contributed by atoms with E-state index in [0.717, 1.165) is 39.1 Å². The summed E-state index contributed by atoms with van der Waals surface area (Å²) < 4.78 is 24.6. The van der Waals surface area contributed by atoms with Crippen molar-refractivity contribution in [1.82, 2.24) is 14.1 Å². The molecule has 2 fully saturated rings. The smallest absolute Gasteiger partial charge is 0.222 e. The fraction of sp³-hybridized carbons (Fsp3) is 0.611. The molecule has 0 bridgehead atoms. The van der Waals surface area contributed by atoms with Crippen molar-refractivity contribution >= 4 is 15.9 Å². The summed E-state index contributed by atoms with van der Waals surface area (Å²) in [5, 5.41) is 0. The predicted octanol–water partition coefficient (Wildman–Crippen LogP) is 1.00. The van der Waals surface area contributed by atoms with Crippen molar-refractivity contribution < 1.29 is 13.2 Å². The van der Waals surface area contributed by atoms with Gasteiger partial charge in [0.25, 0.3) is 0 Å². The van der Waals surface area contributed by atoms with Crippen LogP contribution in [0.4, 0.5) is 0 Å². The molecule has 2 heterocycles. The van der Waals surface area contributed by atoms with Gasteiger partial charge < -0.3 is 4.90 Å². The molecule has 1 amide bonds. The first-order valence-electron chi connectivity index (χ1n) is 8.91. The summed E-state index contributed by atoms with van der Waals surface area (Å²) >= 11 is 0. The molecule has 6 nitrogen and oxygen atoms in total. The molecule has 1 atom stereocenters. The average molecular weight is 365 g/mol. The third kappa shape index (κ3) is 5.03. The van der Waals surface area contributed by atoms with Gasteiger partial charge in [-0.2, -0.15) is 0 Å². The van der Waals surface area contributed by atoms with E-state index >= 15 is 0 Å². The van der Waals surface area contributed by atoms with Crippen LogP contribution in [0.15, 0.2) is 30.3 Å². The molecule has 3 rings (SSSR count). The van der Waals surface area contributed by atoms with Crippen LogP contribution >= 0.6 is 0 Å². The molecule has 25 heavy (non-hydrogen) atoms. The fourth-order valence-corrected chi connectivity index (χ4v) is 4.56. The highest BCUT2D eigenvalue weighted by Crippen LogP contribution is 2.23. The second-order valence-electron chi connectivity index (χ2n) is 7.12. The van der Waals surface area contributed by atoms with Crippen LogP contribution in [0.25, 0.3) is 0 Å². The van der Waals surface area contributed by atoms with Crippen molar-refractivity contribution in [3.05, 3.63) is 35.9 Å². The summed E-state index contributed by atoms with van der Waals surface area (Å²) in [6.45, 7) is 5.25. The van der Waals surface area contributed by atoms with Gasteiger partial charge in [0.2, 0.25) is 15.9 Å². The Morgan fingerprint density at radius 1 is 1.08 bits per heavy atom. The first-order valence-corrected chi connectivity index (χ1v) is 10.8. The van der Waals surface area contributed by atoms with E-state index in [1.807, 2.05) is 11.0 Å². The van der Waals surface area contributed by atoms with E-state index in [-0.39, 0.29) is 11.8 Å². The predicted molar refractivity (Wildman–Crippen MR) is 97.4 cm³/mol. The Kier molecular flexibility index (Phi) is 5.76. The Balaban J connectivity index is 1.43. The summed E-state index contributed by atoms with van der Waals surface area (Å²) in [7, 11) is -3.13. The van der Waals surface area contributed by atoms with Crippen LogP contribution in [0.1, 0.15) is 18.4 Å². The highest BCUT2D eigenvalue weighted by Gasteiger charge is 2.31.